The van der Waals surface area contributed by atoms with Crippen LogP contribution in [0.2, 0.25) is 5.02 Å². The molecule has 0 unspecified atom stereocenters. The van der Waals surface area contributed by atoms with Crippen molar-refractivity contribution in [2.24, 2.45) is 0 Å². The average molecular weight is 491 g/mol. The lowest BCUT2D eigenvalue weighted by molar-refractivity contribution is -0.119. The van der Waals surface area contributed by atoms with Crippen molar-refractivity contribution in [1.82, 2.24) is 14.7 Å². The van der Waals surface area contributed by atoms with Gasteiger partial charge in [0.05, 0.1) is 6.54 Å². The highest BCUT2D eigenvalue weighted by Crippen LogP contribution is 2.27. The summed E-state index contributed by atoms with van der Waals surface area (Å²) in [5.41, 5.74) is 3.60. The summed E-state index contributed by atoms with van der Waals surface area (Å²) in [4.78, 5) is 19.0. The van der Waals surface area contributed by atoms with Gasteiger partial charge in [0.25, 0.3) is 0 Å². The maximum atomic E-state index is 12.6. The monoisotopic (exact) mass is 490 g/mol. The lowest BCUT2D eigenvalue weighted by atomic mass is 9.88. The van der Waals surface area contributed by atoms with E-state index in [1.165, 1.54) is 22.7 Å². The molecule has 7 heteroatoms. The molecule has 4 rings (SSSR count). The van der Waals surface area contributed by atoms with Crippen molar-refractivity contribution in [2.75, 3.05) is 25.0 Å². The minimum atomic E-state index is -0.0307. The Morgan fingerprint density at radius 3 is 2.21 bits per heavy atom. The SMILES string of the molecule is CN(CC(=O)NCCC(c1ccccc1)c1ccccc1)c1nc(Cc2ccc(Cl)cc2)ns1. The van der Waals surface area contributed by atoms with Gasteiger partial charge < -0.3 is 10.2 Å². The van der Waals surface area contributed by atoms with Gasteiger partial charge in [-0.2, -0.15) is 4.37 Å². The Kier molecular flexibility index (Phi) is 8.28. The summed E-state index contributed by atoms with van der Waals surface area (Å²) >= 11 is 7.25. The Morgan fingerprint density at radius 2 is 1.59 bits per heavy atom. The molecular weight excluding hydrogens is 464 g/mol. The topological polar surface area (TPSA) is 58.1 Å². The molecule has 0 atom stereocenters. The number of carbonyl (C=O) groups is 1. The van der Waals surface area contributed by atoms with Crippen molar-refractivity contribution in [2.45, 2.75) is 18.8 Å². The molecule has 0 saturated heterocycles. The third kappa shape index (κ3) is 6.65. The molecule has 1 amide bonds. The van der Waals surface area contributed by atoms with Crippen LogP contribution in [0.15, 0.2) is 84.9 Å². The van der Waals surface area contributed by atoms with E-state index >= 15 is 0 Å². The zero-order valence-electron chi connectivity index (χ0n) is 19.0. The van der Waals surface area contributed by atoms with Crippen LogP contribution in [0.5, 0.6) is 0 Å². The number of likely N-dealkylation sites (N-methyl/N-ethyl adjacent to an activating group) is 1. The number of amides is 1. The van der Waals surface area contributed by atoms with Crippen LogP contribution in [-0.2, 0) is 11.2 Å². The normalized spacial score (nSPS) is 10.9. The predicted octanol–water partition coefficient (Wildman–Crippen LogP) is 5.56. The van der Waals surface area contributed by atoms with Gasteiger partial charge in [0, 0.05) is 42.5 Å². The standard InChI is InChI=1S/C27H27ClN4OS/c1-32(27-30-25(31-34-27)18-20-12-14-23(28)15-13-20)19-26(33)29-17-16-24(21-8-4-2-5-9-21)22-10-6-3-7-11-22/h2-15,24H,16-19H2,1H3,(H,29,33). The number of aromatic nitrogens is 2. The van der Waals surface area contributed by atoms with Crippen LogP contribution >= 0.6 is 23.1 Å². The second kappa shape index (κ2) is 11.8. The summed E-state index contributed by atoms with van der Waals surface area (Å²) in [6, 6.07) is 28.5. The van der Waals surface area contributed by atoms with Gasteiger partial charge in [-0.1, -0.05) is 84.4 Å². The van der Waals surface area contributed by atoms with Gasteiger partial charge in [0.15, 0.2) is 0 Å². The van der Waals surface area contributed by atoms with Crippen molar-refractivity contribution in [3.8, 4) is 0 Å². The molecule has 3 aromatic carbocycles. The maximum Gasteiger partial charge on any atom is 0.239 e. The van der Waals surface area contributed by atoms with E-state index < -0.39 is 0 Å². The van der Waals surface area contributed by atoms with Crippen LogP contribution in [0, 0.1) is 0 Å². The van der Waals surface area contributed by atoms with Crippen molar-refractivity contribution in [3.63, 3.8) is 0 Å². The lowest BCUT2D eigenvalue weighted by Crippen LogP contribution is -2.36. The van der Waals surface area contributed by atoms with Crippen LogP contribution in [0.25, 0.3) is 0 Å². The van der Waals surface area contributed by atoms with Gasteiger partial charge >= 0.3 is 0 Å². The van der Waals surface area contributed by atoms with Crippen LogP contribution in [0.1, 0.15) is 34.9 Å². The smallest absolute Gasteiger partial charge is 0.239 e. The third-order valence-electron chi connectivity index (χ3n) is 5.60. The molecule has 0 fully saturated rings. The molecule has 0 radical (unpaired) electrons. The number of hydrogen-bond donors (Lipinski definition) is 1. The molecule has 0 bridgehead atoms. The van der Waals surface area contributed by atoms with Crippen molar-refractivity contribution in [3.05, 3.63) is 112 Å². The molecule has 34 heavy (non-hydrogen) atoms. The second-order valence-electron chi connectivity index (χ2n) is 8.17. The van der Waals surface area contributed by atoms with Gasteiger partial charge in [-0.25, -0.2) is 4.98 Å². The summed E-state index contributed by atoms with van der Waals surface area (Å²) in [6.45, 7) is 0.829. The molecule has 4 aromatic rings. The maximum absolute atomic E-state index is 12.6. The highest BCUT2D eigenvalue weighted by molar-refractivity contribution is 7.09. The van der Waals surface area contributed by atoms with Gasteiger partial charge in [-0.05, 0) is 35.2 Å². The number of rotatable bonds is 10. The zero-order valence-corrected chi connectivity index (χ0v) is 20.6. The zero-order chi connectivity index (χ0) is 23.8. The van der Waals surface area contributed by atoms with Crippen LogP contribution in [0.4, 0.5) is 5.13 Å². The van der Waals surface area contributed by atoms with Crippen molar-refractivity contribution >= 4 is 34.2 Å². The van der Waals surface area contributed by atoms with Gasteiger partial charge in [0.2, 0.25) is 11.0 Å². The number of halogens is 1. The van der Waals surface area contributed by atoms with Gasteiger partial charge in [0.1, 0.15) is 5.82 Å². The summed E-state index contributed by atoms with van der Waals surface area (Å²) < 4.78 is 4.44. The molecular formula is C27H27ClN4OS. The number of nitrogens with zero attached hydrogens (tertiary/aromatic N) is 3. The Bertz CT molecular complexity index is 1140. The van der Waals surface area contributed by atoms with Crippen LogP contribution < -0.4 is 10.2 Å². The van der Waals surface area contributed by atoms with E-state index in [0.717, 1.165) is 22.9 Å². The first-order valence-corrected chi connectivity index (χ1v) is 12.4. The van der Waals surface area contributed by atoms with E-state index in [0.29, 0.717) is 18.0 Å². The molecule has 5 nitrogen and oxygen atoms in total. The molecule has 0 aliphatic carbocycles. The minimum Gasteiger partial charge on any atom is -0.355 e. The highest BCUT2D eigenvalue weighted by Gasteiger charge is 2.16. The molecule has 1 heterocycles. The summed E-state index contributed by atoms with van der Waals surface area (Å²) in [7, 11) is 1.86. The fraction of sp³-hybridized carbons (Fsp3) is 0.222. The first-order valence-electron chi connectivity index (χ1n) is 11.2. The summed E-state index contributed by atoms with van der Waals surface area (Å²) in [6.07, 6.45) is 1.46. The lowest BCUT2D eigenvalue weighted by Gasteiger charge is -2.19. The largest absolute Gasteiger partial charge is 0.355 e. The van der Waals surface area contributed by atoms with E-state index in [1.807, 2.05) is 48.3 Å². The Morgan fingerprint density at radius 1 is 0.971 bits per heavy atom. The van der Waals surface area contributed by atoms with Crippen LogP contribution in [0.3, 0.4) is 0 Å². The molecule has 0 aliphatic heterocycles. The van der Waals surface area contributed by atoms with E-state index in [1.54, 1.807) is 0 Å². The molecule has 0 aliphatic rings. The van der Waals surface area contributed by atoms with E-state index in [9.17, 15) is 4.79 Å². The number of carbonyl (C=O) groups excluding carboxylic acids is 1. The van der Waals surface area contributed by atoms with Crippen molar-refractivity contribution < 1.29 is 4.79 Å². The third-order valence-corrected chi connectivity index (χ3v) is 6.72. The number of hydrogen-bond acceptors (Lipinski definition) is 5. The van der Waals surface area contributed by atoms with E-state index in [4.69, 9.17) is 11.6 Å². The molecule has 0 saturated carbocycles. The average Bonchev–Trinajstić information content (AvgIpc) is 3.33. The number of nitrogens with one attached hydrogen (secondary N) is 1. The Balaban J connectivity index is 1.29. The number of anilines is 1. The minimum absolute atomic E-state index is 0.0307. The highest BCUT2D eigenvalue weighted by atomic mass is 35.5. The van der Waals surface area contributed by atoms with Crippen molar-refractivity contribution in [1.29, 1.82) is 0 Å². The molecule has 174 valence electrons. The quantitative estimate of drug-likeness (QED) is 0.316. The Labute approximate surface area is 209 Å². The first-order chi connectivity index (χ1) is 16.6. The van der Waals surface area contributed by atoms with Crippen LogP contribution in [-0.4, -0.2) is 35.4 Å². The molecule has 0 spiro atoms. The summed E-state index contributed by atoms with van der Waals surface area (Å²) in [5.74, 6) is 0.944. The molecule has 1 aromatic heterocycles. The fourth-order valence-corrected chi connectivity index (χ4v) is 4.62. The van der Waals surface area contributed by atoms with E-state index in [-0.39, 0.29) is 18.4 Å². The fourth-order valence-electron chi connectivity index (χ4n) is 3.85. The molecule has 1 N–H and O–H groups in total. The Hall–Kier alpha value is -3.22. The van der Waals surface area contributed by atoms with Gasteiger partial charge in [-0.15, -0.1) is 0 Å². The second-order valence-corrected chi connectivity index (χ2v) is 9.33. The first kappa shape index (κ1) is 23.9. The van der Waals surface area contributed by atoms with Gasteiger partial charge in [-0.3, -0.25) is 4.79 Å². The number of benzene rings is 3. The van der Waals surface area contributed by atoms with E-state index in [2.05, 4.69) is 63.2 Å². The predicted molar refractivity (Wildman–Crippen MR) is 140 cm³/mol. The summed E-state index contributed by atoms with van der Waals surface area (Å²) in [5, 5.41) is 4.50.